The molecule has 45 heavy (non-hydrogen) atoms. The number of alkyl halides is 3. The van der Waals surface area contributed by atoms with Crippen molar-refractivity contribution in [2.45, 2.75) is 70.3 Å². The maximum atomic E-state index is 16.4. The van der Waals surface area contributed by atoms with Gasteiger partial charge in [0.2, 0.25) is 5.56 Å². The van der Waals surface area contributed by atoms with E-state index >= 15 is 4.39 Å². The Kier molecular flexibility index (Phi) is 9.36. The zero-order chi connectivity index (χ0) is 32.6. The molecule has 3 heterocycles. The zero-order valence-corrected chi connectivity index (χ0v) is 26.3. The fourth-order valence-electron chi connectivity index (χ4n) is 6.07. The van der Waals surface area contributed by atoms with E-state index in [9.17, 15) is 27.6 Å². The van der Waals surface area contributed by atoms with Gasteiger partial charge in [-0.1, -0.05) is 19.3 Å². The first-order valence-electron chi connectivity index (χ1n) is 14.9. The highest BCUT2D eigenvalue weighted by atomic mass is 32.1. The second kappa shape index (κ2) is 12.9. The topological polar surface area (TPSA) is 102 Å². The summed E-state index contributed by atoms with van der Waals surface area (Å²) >= 11 is 1.07. The van der Waals surface area contributed by atoms with Gasteiger partial charge in [0.05, 0.1) is 22.4 Å². The number of rotatable bonds is 6. The number of benzene rings is 1. The molecule has 242 valence electrons. The van der Waals surface area contributed by atoms with E-state index in [-0.39, 0.29) is 51.7 Å². The molecule has 1 aliphatic carbocycles. The molecule has 2 aromatic heterocycles. The molecule has 2 N–H and O–H groups in total. The maximum absolute atomic E-state index is 16.4. The van der Waals surface area contributed by atoms with Crippen molar-refractivity contribution in [2.24, 2.45) is 0 Å². The van der Waals surface area contributed by atoms with Crippen LogP contribution in [0.2, 0.25) is 0 Å². The third-order valence-electron chi connectivity index (χ3n) is 8.88. The summed E-state index contributed by atoms with van der Waals surface area (Å²) in [5, 5.41) is 4.23. The number of likely N-dealkylation sites (N-methyl/N-ethyl adjacent to an activating group) is 1. The molecule has 3 aromatic rings. The minimum atomic E-state index is -4.96. The molecule has 2 atom stereocenters. The Balaban J connectivity index is 1.53. The van der Waals surface area contributed by atoms with Crippen LogP contribution in [0.15, 0.2) is 34.6 Å². The van der Waals surface area contributed by atoms with E-state index in [1.807, 2.05) is 25.8 Å². The number of anilines is 2. The van der Waals surface area contributed by atoms with Crippen molar-refractivity contribution in [3.63, 3.8) is 0 Å². The van der Waals surface area contributed by atoms with Crippen LogP contribution in [0.1, 0.15) is 72.4 Å². The first-order chi connectivity index (χ1) is 21.2. The van der Waals surface area contributed by atoms with Gasteiger partial charge in [-0.3, -0.25) is 19.3 Å². The number of nitrogens with one attached hydrogen (secondary N) is 2. The number of piperazine rings is 1. The number of H-pyrrole nitrogens is 1. The average molecular weight is 649 g/mol. The first kappa shape index (κ1) is 32.6. The number of aromatic amines is 1. The smallest absolute Gasteiger partial charge is 0.366 e. The summed E-state index contributed by atoms with van der Waals surface area (Å²) in [4.78, 5) is 50.4. The highest BCUT2D eigenvalue weighted by Crippen LogP contribution is 2.38. The van der Waals surface area contributed by atoms with Crippen LogP contribution in [0, 0.1) is 5.82 Å². The van der Waals surface area contributed by atoms with Gasteiger partial charge in [0, 0.05) is 61.6 Å². The molecule has 0 radical (unpaired) electrons. The lowest BCUT2D eigenvalue weighted by Gasteiger charge is -2.43. The van der Waals surface area contributed by atoms with E-state index in [0.29, 0.717) is 25.4 Å². The Hall–Kier alpha value is -3.78. The first-order valence-corrected chi connectivity index (χ1v) is 15.8. The summed E-state index contributed by atoms with van der Waals surface area (Å²) in [7, 11) is 3.72. The van der Waals surface area contributed by atoms with Crippen LogP contribution in [0.3, 0.4) is 0 Å². The van der Waals surface area contributed by atoms with Crippen LogP contribution in [0.5, 0.6) is 0 Å². The summed E-state index contributed by atoms with van der Waals surface area (Å²) in [6.45, 7) is 4.92. The van der Waals surface area contributed by atoms with Crippen molar-refractivity contribution >= 4 is 34.5 Å². The van der Waals surface area contributed by atoms with Crippen molar-refractivity contribution in [3.8, 4) is 10.6 Å². The van der Waals surface area contributed by atoms with Gasteiger partial charge in [-0.25, -0.2) is 9.37 Å². The van der Waals surface area contributed by atoms with E-state index in [2.05, 4.69) is 20.2 Å². The van der Waals surface area contributed by atoms with E-state index in [1.165, 1.54) is 12.1 Å². The Labute approximate surface area is 262 Å². The number of carbonyl (C=O) groups is 2. The van der Waals surface area contributed by atoms with E-state index < -0.39 is 34.6 Å². The van der Waals surface area contributed by atoms with Crippen LogP contribution in [0.4, 0.5) is 28.9 Å². The van der Waals surface area contributed by atoms with Crippen LogP contribution < -0.4 is 15.8 Å². The molecule has 5 rings (SSSR count). The third-order valence-corrected chi connectivity index (χ3v) is 9.76. The molecule has 1 aliphatic heterocycles. The number of hydrogen-bond donors (Lipinski definition) is 2. The molecule has 1 saturated carbocycles. The molecule has 0 spiro atoms. The van der Waals surface area contributed by atoms with E-state index in [1.54, 1.807) is 17.3 Å². The lowest BCUT2D eigenvalue weighted by molar-refractivity contribution is -0.138. The Morgan fingerprint density at radius 1 is 1.09 bits per heavy atom. The van der Waals surface area contributed by atoms with Gasteiger partial charge in [0.1, 0.15) is 10.7 Å². The number of aromatic nitrogens is 2. The number of carbonyl (C=O) groups excluding carboxylic acids is 2. The van der Waals surface area contributed by atoms with Crippen molar-refractivity contribution in [1.82, 2.24) is 19.8 Å². The number of nitrogens with zero attached hydrogens (tertiary/aromatic N) is 4. The summed E-state index contributed by atoms with van der Waals surface area (Å²) < 4.78 is 57.4. The zero-order valence-electron chi connectivity index (χ0n) is 25.5. The molecular formula is C31H36F4N6O3S. The third kappa shape index (κ3) is 6.91. The summed E-state index contributed by atoms with van der Waals surface area (Å²) in [6, 6.07) is 3.23. The molecule has 0 bridgehead atoms. The maximum Gasteiger partial charge on any atom is 0.417 e. The minimum Gasteiger partial charge on any atom is -0.366 e. The summed E-state index contributed by atoms with van der Waals surface area (Å²) in [6.07, 6.45) is 0.795. The predicted molar refractivity (Wildman–Crippen MR) is 165 cm³/mol. The second-order valence-corrected chi connectivity index (χ2v) is 12.8. The molecule has 2 aliphatic rings. The van der Waals surface area contributed by atoms with Gasteiger partial charge >= 0.3 is 6.18 Å². The molecule has 14 heteroatoms. The quantitative estimate of drug-likeness (QED) is 0.326. The van der Waals surface area contributed by atoms with E-state index in [0.717, 1.165) is 43.4 Å². The Bertz CT molecular complexity index is 1620. The molecular weight excluding hydrogens is 612 g/mol. The van der Waals surface area contributed by atoms with Gasteiger partial charge in [0.25, 0.3) is 11.8 Å². The standard InChI is InChI=1S/C31H36F4N6O3S/c1-17-14-41(15-18(2)39(17)3)25-11-19(37-28(43)22-13-36-26(42)12-23(22)31(33,34)35)10-21(27(25)32)29-38-24(16-45-29)30(44)40(4)20-8-6-5-7-9-20/h10-13,16-18,20H,5-9,14-15H2,1-4H3,(H,36,42)(H,37,43)/t17-,18+. The number of hydrogen-bond acceptors (Lipinski definition) is 7. The molecule has 2 fully saturated rings. The van der Waals surface area contributed by atoms with Crippen LogP contribution in [-0.2, 0) is 6.18 Å². The largest absolute Gasteiger partial charge is 0.417 e. The van der Waals surface area contributed by atoms with Crippen molar-refractivity contribution < 1.29 is 27.2 Å². The van der Waals surface area contributed by atoms with Gasteiger partial charge < -0.3 is 20.1 Å². The molecule has 9 nitrogen and oxygen atoms in total. The van der Waals surface area contributed by atoms with E-state index in [4.69, 9.17) is 0 Å². The van der Waals surface area contributed by atoms with Crippen LogP contribution in [0.25, 0.3) is 10.6 Å². The highest BCUT2D eigenvalue weighted by Gasteiger charge is 2.36. The predicted octanol–water partition coefficient (Wildman–Crippen LogP) is 5.84. The van der Waals surface area contributed by atoms with Crippen molar-refractivity contribution in [2.75, 3.05) is 37.4 Å². The normalized spacial score (nSPS) is 19.9. The second-order valence-electron chi connectivity index (χ2n) is 11.9. The van der Waals surface area contributed by atoms with Crippen molar-refractivity contribution in [1.29, 1.82) is 0 Å². The number of thiazole rings is 1. The number of amides is 2. The fourth-order valence-corrected chi connectivity index (χ4v) is 6.87. The summed E-state index contributed by atoms with van der Waals surface area (Å²) in [5.41, 5.74) is -2.83. The Morgan fingerprint density at radius 2 is 1.76 bits per heavy atom. The molecule has 0 unspecified atom stereocenters. The fraction of sp³-hybridized carbons (Fsp3) is 0.484. The van der Waals surface area contributed by atoms with Crippen LogP contribution in [-0.4, -0.2) is 76.9 Å². The number of pyridine rings is 1. The molecule has 1 aromatic carbocycles. The Morgan fingerprint density at radius 3 is 2.40 bits per heavy atom. The average Bonchev–Trinajstić information content (AvgIpc) is 3.49. The van der Waals surface area contributed by atoms with Crippen LogP contribution >= 0.6 is 11.3 Å². The molecule has 2 amide bonds. The van der Waals surface area contributed by atoms with Gasteiger partial charge in [-0.15, -0.1) is 11.3 Å². The summed E-state index contributed by atoms with van der Waals surface area (Å²) in [5.74, 6) is -2.02. The van der Waals surface area contributed by atoms with Gasteiger partial charge in [-0.2, -0.15) is 13.2 Å². The minimum absolute atomic E-state index is 0.00363. The monoisotopic (exact) mass is 648 g/mol. The highest BCUT2D eigenvalue weighted by molar-refractivity contribution is 7.13. The molecule has 1 saturated heterocycles. The van der Waals surface area contributed by atoms with Gasteiger partial charge in [-0.05, 0) is 45.9 Å². The number of halogens is 4. The lowest BCUT2D eigenvalue weighted by atomic mass is 9.94. The lowest BCUT2D eigenvalue weighted by Crippen LogP contribution is -2.55. The SMILES string of the molecule is C[C@@H]1CN(c2cc(NC(=O)c3c[nH]c(=O)cc3C(F)(F)F)cc(-c3nc(C(=O)N(C)C4CCCCC4)cs3)c2F)C[C@H](C)N1C. The van der Waals surface area contributed by atoms with Crippen molar-refractivity contribution in [3.05, 3.63) is 62.8 Å². The van der Waals surface area contributed by atoms with Gasteiger partial charge in [0.15, 0.2) is 5.82 Å².